The molecule has 9 aromatic carbocycles. The van der Waals surface area contributed by atoms with Gasteiger partial charge in [-0.3, -0.25) is 0 Å². The largest absolute Gasteiger partial charge is 0.246 e. The van der Waals surface area contributed by atoms with Gasteiger partial charge in [-0.05, 0) is 104 Å². The molecule has 1 aliphatic rings. The van der Waals surface area contributed by atoms with Crippen LogP contribution in [0.5, 0.6) is 0 Å². The lowest BCUT2D eigenvalue weighted by Crippen LogP contribution is -2.01. The average molecular weight is 730 g/mol. The van der Waals surface area contributed by atoms with E-state index in [1.807, 2.05) is 11.3 Å². The van der Waals surface area contributed by atoms with Crippen molar-refractivity contribution in [3.8, 4) is 33.5 Å². The summed E-state index contributed by atoms with van der Waals surface area (Å²) in [5.74, 6) is 0. The lowest BCUT2D eigenvalue weighted by molar-refractivity contribution is 1.00. The van der Waals surface area contributed by atoms with Crippen molar-refractivity contribution in [1.29, 1.82) is 0 Å². The number of thiophene rings is 1. The van der Waals surface area contributed by atoms with E-state index in [9.17, 15) is 0 Å². The van der Waals surface area contributed by atoms with Crippen molar-refractivity contribution in [2.75, 3.05) is 0 Å². The minimum Gasteiger partial charge on any atom is -0.246 e. The van der Waals surface area contributed by atoms with Gasteiger partial charge in [0.2, 0.25) is 0 Å². The maximum atomic E-state index is 5.85. The van der Waals surface area contributed by atoms with Gasteiger partial charge in [-0.1, -0.05) is 152 Å². The van der Waals surface area contributed by atoms with Gasteiger partial charge in [-0.15, -0.1) is 11.3 Å². The Morgan fingerprint density at radius 3 is 2.02 bits per heavy atom. The van der Waals surface area contributed by atoms with Gasteiger partial charge >= 0.3 is 0 Å². The van der Waals surface area contributed by atoms with Crippen molar-refractivity contribution in [1.82, 2.24) is 4.98 Å². The summed E-state index contributed by atoms with van der Waals surface area (Å²) in [4.78, 5) is 5.85. The second-order valence-electron chi connectivity index (χ2n) is 15.3. The van der Waals surface area contributed by atoms with E-state index < -0.39 is 0 Å². The number of aromatic nitrogens is 1. The van der Waals surface area contributed by atoms with E-state index >= 15 is 0 Å². The molecule has 2 heterocycles. The molecule has 0 bridgehead atoms. The molecule has 0 fully saturated rings. The Kier molecular flexibility index (Phi) is 6.91. The van der Waals surface area contributed by atoms with E-state index in [2.05, 4.69) is 177 Å². The second-order valence-corrected chi connectivity index (χ2v) is 16.4. The van der Waals surface area contributed by atoms with Gasteiger partial charge in [0, 0.05) is 47.5 Å². The number of benzene rings is 9. The predicted octanol–water partition coefficient (Wildman–Crippen LogP) is 15.5. The van der Waals surface area contributed by atoms with Crippen molar-refractivity contribution < 1.29 is 0 Å². The van der Waals surface area contributed by atoms with E-state index in [-0.39, 0.29) is 0 Å². The summed E-state index contributed by atoms with van der Waals surface area (Å²) < 4.78 is 2.70. The van der Waals surface area contributed by atoms with Crippen LogP contribution in [-0.2, 0) is 6.42 Å². The number of aryl methyl sites for hydroxylation is 2. The Labute approximate surface area is 328 Å². The SMILES string of the molecule is Cc1c(-c2ccc(-c3ccccc3)cc2)c(-c2cc3ccccc3c3c4c(c5c6cc7ccccc7cc6sc5c23)CCC=C4)nc2c1ccc1ccccc12. The first-order valence-corrected chi connectivity index (χ1v) is 20.4. The fraction of sp³-hybridized carbons (Fsp3) is 0.0556. The minimum absolute atomic E-state index is 1.04. The van der Waals surface area contributed by atoms with Crippen LogP contribution < -0.4 is 0 Å². The van der Waals surface area contributed by atoms with Gasteiger partial charge in [0.05, 0.1) is 11.2 Å². The molecule has 0 spiro atoms. The molecule has 0 radical (unpaired) electrons. The number of hydrogen-bond acceptors (Lipinski definition) is 2. The average Bonchev–Trinajstić information content (AvgIpc) is 3.64. The minimum atomic E-state index is 1.04. The van der Waals surface area contributed by atoms with Gasteiger partial charge < -0.3 is 0 Å². The normalized spacial score (nSPS) is 12.9. The number of hydrogen-bond donors (Lipinski definition) is 0. The molecule has 0 unspecified atom stereocenters. The number of fused-ring (bicyclic) bond motifs is 14. The Morgan fingerprint density at radius 2 is 1.20 bits per heavy atom. The van der Waals surface area contributed by atoms with E-state index in [0.717, 1.165) is 24.1 Å². The highest BCUT2D eigenvalue weighted by atomic mass is 32.1. The molecule has 12 rings (SSSR count). The molecular weight excluding hydrogens is 695 g/mol. The Hall–Kier alpha value is -6.61. The molecule has 0 atom stereocenters. The van der Waals surface area contributed by atoms with Crippen LogP contribution in [-0.4, -0.2) is 4.98 Å². The van der Waals surface area contributed by atoms with Crippen molar-refractivity contribution in [3.63, 3.8) is 0 Å². The molecule has 0 aliphatic heterocycles. The molecule has 0 amide bonds. The molecule has 2 heteroatoms. The summed E-state index contributed by atoms with van der Waals surface area (Å²) >= 11 is 1.96. The molecule has 262 valence electrons. The van der Waals surface area contributed by atoms with Gasteiger partial charge in [0.1, 0.15) is 0 Å². The number of nitrogens with zero attached hydrogens (tertiary/aromatic N) is 1. The van der Waals surface area contributed by atoms with Gasteiger partial charge in [-0.2, -0.15) is 0 Å². The highest BCUT2D eigenvalue weighted by Gasteiger charge is 2.26. The Bertz CT molecular complexity index is 3460. The summed E-state index contributed by atoms with van der Waals surface area (Å²) in [5, 5.41) is 14.1. The van der Waals surface area contributed by atoms with Crippen LogP contribution >= 0.6 is 11.3 Å². The first-order valence-electron chi connectivity index (χ1n) is 19.6. The number of allylic oxidation sites excluding steroid dienone is 1. The monoisotopic (exact) mass is 729 g/mol. The first-order chi connectivity index (χ1) is 27.7. The zero-order chi connectivity index (χ0) is 36.9. The lowest BCUT2D eigenvalue weighted by Gasteiger charge is -2.22. The topological polar surface area (TPSA) is 12.9 Å². The number of rotatable bonds is 3. The van der Waals surface area contributed by atoms with Crippen LogP contribution in [0.1, 0.15) is 23.1 Å². The van der Waals surface area contributed by atoms with E-state index in [4.69, 9.17) is 4.98 Å². The summed E-state index contributed by atoms with van der Waals surface area (Å²) in [7, 11) is 0. The molecule has 56 heavy (non-hydrogen) atoms. The van der Waals surface area contributed by atoms with Gasteiger partial charge in [0.15, 0.2) is 0 Å². The van der Waals surface area contributed by atoms with E-state index in [1.165, 1.54) is 113 Å². The molecule has 11 aromatic rings. The zero-order valence-corrected chi connectivity index (χ0v) is 31.8. The fourth-order valence-corrected chi connectivity index (χ4v) is 11.0. The van der Waals surface area contributed by atoms with Crippen molar-refractivity contribution in [2.24, 2.45) is 0 Å². The van der Waals surface area contributed by atoms with Crippen LogP contribution in [0.15, 0.2) is 164 Å². The molecular formula is C54H35NS. The van der Waals surface area contributed by atoms with Crippen molar-refractivity contribution in [2.45, 2.75) is 19.8 Å². The Balaban J connectivity index is 1.28. The standard InChI is InChI=1S/C54H35NS/c1-32-40-28-27-35-15-7-10-20-42(35)52(40)55-53(48(32)36-25-23-34(24-26-36)33-13-3-2-4-14-33)46-30-39-18-8-9-19-41(39)49-43-21-11-12-22-44(43)50-45-29-37-16-5-6-17-38(37)31-47(45)56-54(50)51(46)49/h2-11,13-21,23-31H,12,22H2,1H3. The maximum absolute atomic E-state index is 5.85. The van der Waals surface area contributed by atoms with Gasteiger partial charge in [0.25, 0.3) is 0 Å². The number of pyridine rings is 1. The maximum Gasteiger partial charge on any atom is 0.0797 e. The van der Waals surface area contributed by atoms with Crippen LogP contribution in [0.3, 0.4) is 0 Å². The lowest BCUT2D eigenvalue weighted by atomic mass is 9.82. The van der Waals surface area contributed by atoms with Crippen LogP contribution in [0.25, 0.3) is 114 Å². The van der Waals surface area contributed by atoms with E-state index in [0.29, 0.717) is 0 Å². The quantitative estimate of drug-likeness (QED) is 0.165. The van der Waals surface area contributed by atoms with Crippen LogP contribution in [0.2, 0.25) is 0 Å². The summed E-state index contributed by atoms with van der Waals surface area (Å²) in [6.45, 7) is 2.30. The highest BCUT2D eigenvalue weighted by Crippen LogP contribution is 2.52. The van der Waals surface area contributed by atoms with Crippen molar-refractivity contribution >= 4 is 91.6 Å². The molecule has 1 nitrogen and oxygen atoms in total. The van der Waals surface area contributed by atoms with E-state index in [1.54, 1.807) is 0 Å². The van der Waals surface area contributed by atoms with Crippen LogP contribution in [0, 0.1) is 6.92 Å². The molecule has 0 saturated carbocycles. The fourth-order valence-electron chi connectivity index (χ4n) is 9.63. The van der Waals surface area contributed by atoms with Crippen LogP contribution in [0.4, 0.5) is 0 Å². The molecule has 0 N–H and O–H groups in total. The second kappa shape index (κ2) is 12.2. The first kappa shape index (κ1) is 31.7. The smallest absolute Gasteiger partial charge is 0.0797 e. The molecule has 0 saturated heterocycles. The third-order valence-corrected chi connectivity index (χ3v) is 13.4. The summed E-state index contributed by atoms with van der Waals surface area (Å²) in [5.41, 5.74) is 12.2. The summed E-state index contributed by atoms with van der Waals surface area (Å²) in [6, 6.07) is 58.2. The third-order valence-electron chi connectivity index (χ3n) is 12.3. The van der Waals surface area contributed by atoms with Crippen molar-refractivity contribution in [3.05, 3.63) is 180 Å². The third kappa shape index (κ3) is 4.63. The Morgan fingerprint density at radius 1 is 0.518 bits per heavy atom. The van der Waals surface area contributed by atoms with Gasteiger partial charge in [-0.25, -0.2) is 4.98 Å². The molecule has 2 aromatic heterocycles. The zero-order valence-electron chi connectivity index (χ0n) is 30.9. The predicted molar refractivity (Wildman–Crippen MR) is 243 cm³/mol. The highest BCUT2D eigenvalue weighted by molar-refractivity contribution is 7.27. The molecule has 1 aliphatic carbocycles. The summed E-state index contributed by atoms with van der Waals surface area (Å²) in [6.07, 6.45) is 6.88.